The molecule has 5 nitrogen and oxygen atoms in total. The summed E-state index contributed by atoms with van der Waals surface area (Å²) >= 11 is 0. The number of fused-ring (bicyclic) bond motifs is 2. The molecule has 2 saturated heterocycles. The summed E-state index contributed by atoms with van der Waals surface area (Å²) in [6.07, 6.45) is 1.22. The second kappa shape index (κ2) is 8.15. The van der Waals surface area contributed by atoms with Crippen molar-refractivity contribution in [2.45, 2.75) is 19.9 Å². The highest BCUT2D eigenvalue weighted by Crippen LogP contribution is 2.30. The molecule has 1 N–H and O–H groups in total. The molecule has 5 heteroatoms. The van der Waals surface area contributed by atoms with Gasteiger partial charge in [0.05, 0.1) is 0 Å². The minimum absolute atomic E-state index is 0.0978. The summed E-state index contributed by atoms with van der Waals surface area (Å²) in [6, 6.07) is 17.8. The van der Waals surface area contributed by atoms with Gasteiger partial charge in [0.15, 0.2) is 0 Å². The molecule has 0 saturated carbocycles. The summed E-state index contributed by atoms with van der Waals surface area (Å²) in [6.45, 7) is 6.23. The first-order valence-electron chi connectivity index (χ1n) is 10.00. The Hall–Kier alpha value is -2.66. The third-order valence-corrected chi connectivity index (χ3v) is 5.65. The van der Waals surface area contributed by atoms with Gasteiger partial charge in [0.25, 0.3) is 5.91 Å². The summed E-state index contributed by atoms with van der Waals surface area (Å²) in [7, 11) is 0. The fraction of sp³-hybridized carbons (Fsp3) is 0.391. The molecule has 2 amide bonds. The van der Waals surface area contributed by atoms with Crippen molar-refractivity contribution in [3.63, 3.8) is 0 Å². The standard InChI is InChI=1S/C23H27N3O2/c1-17(27)24-22-9-7-21(8-10-22)23(28)26-15-19-11-20(16-26)14-25(13-19)12-18-5-3-2-4-6-18/h2-10,19-20H,11-16H2,1H3,(H,24,27). The van der Waals surface area contributed by atoms with Crippen LogP contribution in [0.5, 0.6) is 0 Å². The number of carbonyl (C=O) groups is 2. The predicted molar refractivity (Wildman–Crippen MR) is 110 cm³/mol. The summed E-state index contributed by atoms with van der Waals surface area (Å²) in [5.74, 6) is 1.07. The maximum atomic E-state index is 13.0. The van der Waals surface area contributed by atoms with Gasteiger partial charge < -0.3 is 10.2 Å². The van der Waals surface area contributed by atoms with Crippen LogP contribution in [0.15, 0.2) is 54.6 Å². The van der Waals surface area contributed by atoms with Crippen molar-refractivity contribution in [2.24, 2.45) is 11.8 Å². The van der Waals surface area contributed by atoms with E-state index >= 15 is 0 Å². The van der Waals surface area contributed by atoms with Crippen LogP contribution in [0.4, 0.5) is 5.69 Å². The van der Waals surface area contributed by atoms with Gasteiger partial charge in [-0.2, -0.15) is 0 Å². The lowest BCUT2D eigenvalue weighted by atomic mass is 9.84. The van der Waals surface area contributed by atoms with E-state index in [2.05, 4.69) is 40.5 Å². The van der Waals surface area contributed by atoms with E-state index in [1.54, 1.807) is 24.3 Å². The minimum atomic E-state index is -0.108. The maximum absolute atomic E-state index is 13.0. The number of amides is 2. The molecule has 146 valence electrons. The fourth-order valence-electron chi connectivity index (χ4n) is 4.61. The molecule has 0 aromatic heterocycles. The lowest BCUT2D eigenvalue weighted by Gasteiger charge is -2.46. The molecule has 2 aromatic rings. The van der Waals surface area contributed by atoms with Crippen LogP contribution in [0, 0.1) is 11.8 Å². The van der Waals surface area contributed by atoms with Crippen molar-refractivity contribution in [2.75, 3.05) is 31.5 Å². The lowest BCUT2D eigenvalue weighted by Crippen LogP contribution is -2.53. The Kier molecular flexibility index (Phi) is 5.44. The van der Waals surface area contributed by atoms with E-state index in [0.717, 1.165) is 38.4 Å². The van der Waals surface area contributed by atoms with Crippen LogP contribution in [0.2, 0.25) is 0 Å². The molecule has 2 bridgehead atoms. The Labute approximate surface area is 166 Å². The molecule has 2 aliphatic rings. The van der Waals surface area contributed by atoms with Crippen molar-refractivity contribution < 1.29 is 9.59 Å². The molecule has 0 spiro atoms. The number of carbonyl (C=O) groups excluding carboxylic acids is 2. The Morgan fingerprint density at radius 2 is 1.57 bits per heavy atom. The number of rotatable bonds is 4. The zero-order valence-corrected chi connectivity index (χ0v) is 16.3. The van der Waals surface area contributed by atoms with Gasteiger partial charge in [-0.15, -0.1) is 0 Å². The number of hydrogen-bond donors (Lipinski definition) is 1. The monoisotopic (exact) mass is 377 g/mol. The van der Waals surface area contributed by atoms with Gasteiger partial charge in [-0.3, -0.25) is 14.5 Å². The quantitative estimate of drug-likeness (QED) is 0.890. The van der Waals surface area contributed by atoms with Gasteiger partial charge in [-0.1, -0.05) is 30.3 Å². The number of hydrogen-bond acceptors (Lipinski definition) is 3. The maximum Gasteiger partial charge on any atom is 0.253 e. The van der Waals surface area contributed by atoms with Crippen LogP contribution in [0.25, 0.3) is 0 Å². The Morgan fingerprint density at radius 3 is 2.18 bits per heavy atom. The van der Waals surface area contributed by atoms with E-state index in [0.29, 0.717) is 17.4 Å². The highest BCUT2D eigenvalue weighted by molar-refractivity contribution is 5.95. The average molecular weight is 377 g/mol. The molecule has 2 heterocycles. The first-order valence-corrected chi connectivity index (χ1v) is 10.00. The molecule has 0 radical (unpaired) electrons. The van der Waals surface area contributed by atoms with Crippen molar-refractivity contribution in [1.29, 1.82) is 0 Å². The summed E-state index contributed by atoms with van der Waals surface area (Å²) < 4.78 is 0. The van der Waals surface area contributed by atoms with Crippen molar-refractivity contribution in [3.05, 3.63) is 65.7 Å². The van der Waals surface area contributed by atoms with Crippen LogP contribution in [-0.2, 0) is 11.3 Å². The van der Waals surface area contributed by atoms with Gasteiger partial charge in [0, 0.05) is 50.9 Å². The van der Waals surface area contributed by atoms with Gasteiger partial charge >= 0.3 is 0 Å². The highest BCUT2D eigenvalue weighted by atomic mass is 16.2. The topological polar surface area (TPSA) is 52.7 Å². The first kappa shape index (κ1) is 18.7. The number of nitrogens with one attached hydrogen (secondary N) is 1. The second-order valence-corrected chi connectivity index (χ2v) is 8.12. The molecule has 2 aromatic carbocycles. The normalized spacial score (nSPS) is 22.0. The van der Waals surface area contributed by atoms with Gasteiger partial charge in [-0.05, 0) is 48.1 Å². The molecule has 28 heavy (non-hydrogen) atoms. The highest BCUT2D eigenvalue weighted by Gasteiger charge is 2.36. The van der Waals surface area contributed by atoms with Gasteiger partial charge in [-0.25, -0.2) is 0 Å². The molecular weight excluding hydrogens is 350 g/mol. The number of nitrogens with zero attached hydrogens (tertiary/aromatic N) is 2. The molecule has 2 aliphatic heterocycles. The predicted octanol–water partition coefficient (Wildman–Crippen LogP) is 3.24. The fourth-order valence-corrected chi connectivity index (χ4v) is 4.61. The minimum Gasteiger partial charge on any atom is -0.338 e. The first-order chi connectivity index (χ1) is 13.6. The number of likely N-dealkylation sites (tertiary alicyclic amines) is 2. The summed E-state index contributed by atoms with van der Waals surface area (Å²) in [5.41, 5.74) is 2.76. The molecule has 2 atom stereocenters. The Balaban J connectivity index is 1.37. The third kappa shape index (κ3) is 4.42. The number of anilines is 1. The molecule has 2 fully saturated rings. The summed E-state index contributed by atoms with van der Waals surface area (Å²) in [4.78, 5) is 28.7. The van der Waals surface area contributed by atoms with E-state index in [1.807, 2.05) is 4.90 Å². The van der Waals surface area contributed by atoms with Crippen molar-refractivity contribution in [1.82, 2.24) is 9.80 Å². The zero-order chi connectivity index (χ0) is 19.5. The smallest absolute Gasteiger partial charge is 0.253 e. The van der Waals surface area contributed by atoms with E-state index in [1.165, 1.54) is 18.9 Å². The van der Waals surface area contributed by atoms with Crippen LogP contribution in [0.3, 0.4) is 0 Å². The van der Waals surface area contributed by atoms with Crippen molar-refractivity contribution >= 4 is 17.5 Å². The van der Waals surface area contributed by atoms with Crippen LogP contribution >= 0.6 is 0 Å². The number of benzene rings is 2. The average Bonchev–Trinajstić information content (AvgIpc) is 2.67. The summed E-state index contributed by atoms with van der Waals surface area (Å²) in [5, 5.41) is 2.74. The Bertz CT molecular complexity index is 821. The molecule has 4 rings (SSSR count). The molecule has 2 unspecified atom stereocenters. The lowest BCUT2D eigenvalue weighted by molar-refractivity contribution is -0.114. The zero-order valence-electron chi connectivity index (χ0n) is 16.3. The van der Waals surface area contributed by atoms with E-state index in [9.17, 15) is 9.59 Å². The second-order valence-electron chi connectivity index (χ2n) is 8.12. The molecule has 0 aliphatic carbocycles. The van der Waals surface area contributed by atoms with E-state index < -0.39 is 0 Å². The van der Waals surface area contributed by atoms with E-state index in [-0.39, 0.29) is 11.8 Å². The van der Waals surface area contributed by atoms with Gasteiger partial charge in [0.1, 0.15) is 0 Å². The Morgan fingerprint density at radius 1 is 0.929 bits per heavy atom. The van der Waals surface area contributed by atoms with Crippen LogP contribution in [-0.4, -0.2) is 47.8 Å². The van der Waals surface area contributed by atoms with E-state index in [4.69, 9.17) is 0 Å². The van der Waals surface area contributed by atoms with Gasteiger partial charge in [0.2, 0.25) is 5.91 Å². The SMILES string of the molecule is CC(=O)Nc1ccc(C(=O)N2CC3CC(CN(Cc4ccccc4)C3)C2)cc1. The number of piperidine rings is 2. The van der Waals surface area contributed by atoms with Crippen LogP contribution in [0.1, 0.15) is 29.3 Å². The van der Waals surface area contributed by atoms with Crippen LogP contribution < -0.4 is 5.32 Å². The van der Waals surface area contributed by atoms with Crippen molar-refractivity contribution in [3.8, 4) is 0 Å². The molecular formula is C23H27N3O2. The third-order valence-electron chi connectivity index (χ3n) is 5.65. The largest absolute Gasteiger partial charge is 0.338 e.